The van der Waals surface area contributed by atoms with Gasteiger partial charge in [0, 0.05) is 43.7 Å². The molecule has 1 aromatic rings. The molecule has 2 fully saturated rings. The van der Waals surface area contributed by atoms with Gasteiger partial charge in [0.1, 0.15) is 17.3 Å². The highest BCUT2D eigenvalue weighted by Crippen LogP contribution is 2.40. The molecule has 1 aliphatic heterocycles. The zero-order valence-electron chi connectivity index (χ0n) is 33.6. The number of ether oxygens (including phenoxy) is 1. The van der Waals surface area contributed by atoms with Crippen LogP contribution in [-0.2, 0) is 4.79 Å². The van der Waals surface area contributed by atoms with E-state index in [-0.39, 0.29) is 23.4 Å². The largest absolute Gasteiger partial charge is 0.494 e. The lowest BCUT2D eigenvalue weighted by Gasteiger charge is -2.40. The van der Waals surface area contributed by atoms with Crippen molar-refractivity contribution >= 4 is 28.7 Å². The predicted octanol–water partition coefficient (Wildman–Crippen LogP) is 8.73. The van der Waals surface area contributed by atoms with Gasteiger partial charge in [-0.05, 0) is 76.5 Å². The van der Waals surface area contributed by atoms with Crippen molar-refractivity contribution in [1.29, 1.82) is 5.41 Å². The van der Waals surface area contributed by atoms with Gasteiger partial charge in [-0.15, -0.1) is 0 Å². The maximum Gasteiger partial charge on any atom is 0.250 e. The van der Waals surface area contributed by atoms with Crippen molar-refractivity contribution in [2.75, 3.05) is 32.6 Å². The number of carbonyl (C=O) groups is 1. The molecule has 1 amide bonds. The molecule has 0 spiro atoms. The number of hydrogen-bond donors (Lipinski definition) is 5. The van der Waals surface area contributed by atoms with Crippen molar-refractivity contribution in [3.05, 3.63) is 65.5 Å². The Bertz CT molecular complexity index is 1340. The van der Waals surface area contributed by atoms with E-state index in [1.165, 1.54) is 19.2 Å². The molecule has 0 unspecified atom stereocenters. The summed E-state index contributed by atoms with van der Waals surface area (Å²) in [5.74, 6) is 1.21. The Hall–Kier alpha value is -3.69. The van der Waals surface area contributed by atoms with E-state index in [1.807, 2.05) is 58.9 Å². The summed E-state index contributed by atoms with van der Waals surface area (Å²) >= 11 is 0. The first-order valence-electron chi connectivity index (χ1n) is 18.6. The second-order valence-electron chi connectivity index (χ2n) is 13.0. The highest BCUT2D eigenvalue weighted by atomic mass is 16.5. The van der Waals surface area contributed by atoms with Crippen LogP contribution in [0.3, 0.4) is 0 Å². The molecule has 50 heavy (non-hydrogen) atoms. The average Bonchev–Trinajstić information content (AvgIpc) is 3.93. The SMILES string of the molecule is C=C(/C(=C\CCC)c1cccc(N/C(=C/C(N)=NC(=O)C2CC2)C(=N)/C(=C\CC)NC)c1OC)C(C)(C)O.CC.CC.CC1CN(C(C)C)C1. The minimum absolute atomic E-state index is 0.0233. The number of methoxy groups -OCH3 is 1. The van der Waals surface area contributed by atoms with Gasteiger partial charge >= 0.3 is 0 Å². The third kappa shape index (κ3) is 15.1. The van der Waals surface area contributed by atoms with Crippen LogP contribution < -0.4 is 21.1 Å². The molecule has 1 aromatic carbocycles. The zero-order chi connectivity index (χ0) is 38.6. The number of aliphatic imine (C=N–C) groups is 1. The van der Waals surface area contributed by atoms with E-state index in [0.29, 0.717) is 28.4 Å². The van der Waals surface area contributed by atoms with Crippen LogP contribution in [0.15, 0.2) is 65.0 Å². The first kappa shape index (κ1) is 46.3. The summed E-state index contributed by atoms with van der Waals surface area (Å²) in [4.78, 5) is 18.7. The third-order valence-corrected chi connectivity index (χ3v) is 7.98. The number of anilines is 1. The third-order valence-electron chi connectivity index (χ3n) is 7.98. The number of para-hydroxylation sites is 1. The Labute approximate surface area is 304 Å². The lowest BCUT2D eigenvalue weighted by Crippen LogP contribution is -2.48. The van der Waals surface area contributed by atoms with Gasteiger partial charge in [0.05, 0.1) is 29.8 Å². The lowest BCUT2D eigenvalue weighted by atomic mass is 9.87. The number of carbonyl (C=O) groups excluding carboxylic acids is 1. The van der Waals surface area contributed by atoms with Crippen molar-refractivity contribution < 1.29 is 14.6 Å². The van der Waals surface area contributed by atoms with E-state index >= 15 is 0 Å². The smallest absolute Gasteiger partial charge is 0.250 e. The Morgan fingerprint density at radius 1 is 1.16 bits per heavy atom. The number of nitrogens with zero attached hydrogens (tertiary/aromatic N) is 2. The Balaban J connectivity index is 0.00000171. The molecule has 0 bridgehead atoms. The van der Waals surface area contributed by atoms with E-state index in [1.54, 1.807) is 28.0 Å². The number of unbranched alkanes of at least 4 members (excludes halogenated alkanes) is 1. The number of nitrogens with two attached hydrogens (primary N) is 1. The maximum atomic E-state index is 12.2. The molecular weight excluding hydrogens is 624 g/mol. The zero-order valence-corrected chi connectivity index (χ0v) is 33.6. The highest BCUT2D eigenvalue weighted by molar-refractivity contribution is 6.16. The van der Waals surface area contributed by atoms with Crippen LogP contribution in [0, 0.1) is 17.2 Å². The van der Waals surface area contributed by atoms with Crippen LogP contribution >= 0.6 is 0 Å². The summed E-state index contributed by atoms with van der Waals surface area (Å²) in [6.07, 6.45) is 9.57. The van der Waals surface area contributed by atoms with Crippen LogP contribution in [0.2, 0.25) is 0 Å². The first-order chi connectivity index (χ1) is 23.7. The van der Waals surface area contributed by atoms with Gasteiger partial charge in [0.25, 0.3) is 5.91 Å². The Morgan fingerprint density at radius 3 is 2.18 bits per heavy atom. The monoisotopic (exact) mass is 695 g/mol. The highest BCUT2D eigenvalue weighted by Gasteiger charge is 2.30. The molecule has 9 heteroatoms. The van der Waals surface area contributed by atoms with Crippen LogP contribution in [0.4, 0.5) is 5.69 Å². The summed E-state index contributed by atoms with van der Waals surface area (Å²) in [5, 5.41) is 25.9. The summed E-state index contributed by atoms with van der Waals surface area (Å²) in [5.41, 5.74) is 8.81. The minimum atomic E-state index is -1.13. The van der Waals surface area contributed by atoms with Crippen molar-refractivity contribution in [3.8, 4) is 5.75 Å². The van der Waals surface area contributed by atoms with Crippen molar-refractivity contribution in [2.45, 2.75) is 120 Å². The van der Waals surface area contributed by atoms with Gasteiger partial charge in [-0.2, -0.15) is 4.99 Å². The summed E-state index contributed by atoms with van der Waals surface area (Å²) < 4.78 is 5.85. The van der Waals surface area contributed by atoms with Crippen molar-refractivity contribution in [1.82, 2.24) is 10.2 Å². The van der Waals surface area contributed by atoms with E-state index < -0.39 is 5.60 Å². The number of nitrogens with one attached hydrogen (secondary N) is 3. The molecule has 1 saturated carbocycles. The minimum Gasteiger partial charge on any atom is -0.494 e. The standard InChI is InChI=1S/C30H43N5O3.C7H15N.2C2H6/c1-8-10-13-21(19(3)30(4,5)37)22-14-11-15-24(28(22)38-7)34-25(27(32)23(33-6)12-9-2)18-26(31)35-29(36)20-16-17-20;1-6(2)8-4-7(3)5-8;2*1-2/h11-15,18,20,32-34,37H,3,8-10,16-17H2,1-2,4-7H3,(H2,31,35,36);6-7H,4-5H2,1-3H3;2*1-2H3/b21-13+,23-12+,25-18+,32-27?;;;. The van der Waals surface area contributed by atoms with Crippen LogP contribution in [-0.4, -0.2) is 66.4 Å². The van der Waals surface area contributed by atoms with E-state index in [0.717, 1.165) is 55.2 Å². The Kier molecular flexibility index (Phi) is 21.9. The van der Waals surface area contributed by atoms with E-state index in [9.17, 15) is 9.90 Å². The van der Waals surface area contributed by atoms with Crippen LogP contribution in [0.5, 0.6) is 5.75 Å². The molecule has 282 valence electrons. The van der Waals surface area contributed by atoms with Crippen molar-refractivity contribution in [2.24, 2.45) is 22.6 Å². The van der Waals surface area contributed by atoms with E-state index in [4.69, 9.17) is 15.9 Å². The first-order valence-corrected chi connectivity index (χ1v) is 18.6. The Morgan fingerprint density at radius 2 is 1.76 bits per heavy atom. The predicted molar refractivity (Wildman–Crippen MR) is 216 cm³/mol. The molecule has 6 N–H and O–H groups in total. The molecule has 3 rings (SSSR count). The van der Waals surface area contributed by atoms with Gasteiger partial charge in [-0.1, -0.05) is 85.8 Å². The second-order valence-corrected chi connectivity index (χ2v) is 13.0. The molecule has 2 aliphatic rings. The summed E-state index contributed by atoms with van der Waals surface area (Å²) in [6, 6.07) is 6.38. The fourth-order valence-corrected chi connectivity index (χ4v) is 4.97. The van der Waals surface area contributed by atoms with Gasteiger partial charge in [0.2, 0.25) is 0 Å². The van der Waals surface area contributed by atoms with Gasteiger partial charge in [-0.25, -0.2) is 0 Å². The van der Waals surface area contributed by atoms with Gasteiger partial charge in [-0.3, -0.25) is 10.2 Å². The number of hydrogen-bond acceptors (Lipinski definition) is 7. The lowest BCUT2D eigenvalue weighted by molar-refractivity contribution is -0.118. The molecular formula is C41H70N6O3. The van der Waals surface area contributed by atoms with Gasteiger partial charge < -0.3 is 31.1 Å². The fourth-order valence-electron chi connectivity index (χ4n) is 4.97. The number of rotatable bonds is 15. The van der Waals surface area contributed by atoms with Crippen LogP contribution in [0.1, 0.15) is 114 Å². The van der Waals surface area contributed by atoms with Crippen molar-refractivity contribution in [3.63, 3.8) is 0 Å². The number of allylic oxidation sites excluding steroid dienone is 2. The molecule has 0 radical (unpaired) electrons. The average molecular weight is 695 g/mol. The topological polar surface area (TPSA) is 136 Å². The number of amides is 1. The molecule has 0 aromatic heterocycles. The maximum absolute atomic E-state index is 12.2. The summed E-state index contributed by atoms with van der Waals surface area (Å²) in [6.45, 7) is 29.1. The number of likely N-dealkylation sites (tertiary alicyclic amines) is 1. The van der Waals surface area contributed by atoms with Crippen LogP contribution in [0.25, 0.3) is 5.57 Å². The van der Waals surface area contributed by atoms with Gasteiger partial charge in [0.15, 0.2) is 0 Å². The molecule has 1 aliphatic carbocycles. The quantitative estimate of drug-likeness (QED) is 0.0704. The molecule has 9 nitrogen and oxygen atoms in total. The second kappa shape index (κ2) is 23.7. The normalized spacial score (nSPS) is 15.7. The van der Waals surface area contributed by atoms with E-state index in [2.05, 4.69) is 60.9 Å². The molecule has 1 heterocycles. The molecule has 1 saturated heterocycles. The number of benzene rings is 1. The fraction of sp³-hybridized carbons (Fsp3) is 0.585. The summed E-state index contributed by atoms with van der Waals surface area (Å²) in [7, 11) is 3.32. The molecule has 0 atom stereocenters. The number of aliphatic hydroxyl groups is 1. The number of amidine groups is 1.